The van der Waals surface area contributed by atoms with Gasteiger partial charge in [0.05, 0.1) is 0 Å². The van der Waals surface area contributed by atoms with Gasteiger partial charge in [0.15, 0.2) is 0 Å². The van der Waals surface area contributed by atoms with E-state index in [4.69, 9.17) is 16.2 Å². The lowest BCUT2D eigenvalue weighted by molar-refractivity contribution is -0.129. The van der Waals surface area contributed by atoms with E-state index < -0.39 is 29.6 Å². The van der Waals surface area contributed by atoms with E-state index in [1.54, 1.807) is 13.8 Å². The minimum atomic E-state index is -1.32. The second kappa shape index (κ2) is 7.08. The second-order valence-corrected chi connectivity index (χ2v) is 5.68. The molecule has 0 radical (unpaired) electrons. The predicted molar refractivity (Wildman–Crippen MR) is 78.2 cm³/mol. The first-order valence-electron chi connectivity index (χ1n) is 6.71. The van der Waals surface area contributed by atoms with Crippen LogP contribution in [-0.2, 0) is 16.0 Å². The molecule has 1 unspecified atom stereocenters. The number of amides is 2. The van der Waals surface area contributed by atoms with Gasteiger partial charge in [0.2, 0.25) is 5.91 Å². The van der Waals surface area contributed by atoms with Crippen molar-refractivity contribution in [1.82, 2.24) is 0 Å². The molecule has 0 fully saturated rings. The summed E-state index contributed by atoms with van der Waals surface area (Å²) in [5, 5.41) is 10.00. The average molecular weight is 294 g/mol. The number of aliphatic hydroxyl groups excluding tert-OH is 1. The Morgan fingerprint density at radius 1 is 1.24 bits per heavy atom. The fourth-order valence-corrected chi connectivity index (χ4v) is 2.39. The Labute approximate surface area is 124 Å². The van der Waals surface area contributed by atoms with Crippen LogP contribution < -0.4 is 11.5 Å². The number of hydrogen-bond acceptors (Lipinski definition) is 4. The summed E-state index contributed by atoms with van der Waals surface area (Å²) in [5.74, 6) is -1.27. The second-order valence-electron chi connectivity index (χ2n) is 5.68. The molecule has 1 aromatic carbocycles. The third-order valence-corrected chi connectivity index (χ3v) is 3.21. The summed E-state index contributed by atoms with van der Waals surface area (Å²) in [5.41, 5.74) is 10.3. The molecule has 0 aliphatic heterocycles. The molecule has 6 heteroatoms. The first-order chi connectivity index (χ1) is 9.71. The molecule has 0 aliphatic carbocycles. The van der Waals surface area contributed by atoms with Crippen molar-refractivity contribution in [3.05, 3.63) is 35.9 Å². The van der Waals surface area contributed by atoms with Gasteiger partial charge in [-0.15, -0.1) is 0 Å². The fourth-order valence-electron chi connectivity index (χ4n) is 2.39. The lowest BCUT2D eigenvalue weighted by atomic mass is 9.84. The third kappa shape index (κ3) is 5.83. The van der Waals surface area contributed by atoms with Gasteiger partial charge in [-0.05, 0) is 32.3 Å². The number of carbonyl (C=O) groups is 2. The Kier molecular flexibility index (Phi) is 5.72. The smallest absolute Gasteiger partial charge is 0.405 e. The zero-order valence-electron chi connectivity index (χ0n) is 12.3. The van der Waals surface area contributed by atoms with E-state index in [-0.39, 0.29) is 6.42 Å². The average Bonchev–Trinajstić information content (AvgIpc) is 2.36. The van der Waals surface area contributed by atoms with Crippen LogP contribution in [0.1, 0.15) is 25.8 Å². The highest BCUT2D eigenvalue weighted by atomic mass is 16.6. The molecular weight excluding hydrogens is 272 g/mol. The van der Waals surface area contributed by atoms with Crippen molar-refractivity contribution in [2.75, 3.05) is 0 Å². The number of hydrogen-bond donors (Lipinski definition) is 3. The van der Waals surface area contributed by atoms with Crippen molar-refractivity contribution in [2.45, 2.75) is 38.4 Å². The van der Waals surface area contributed by atoms with Crippen LogP contribution in [0.3, 0.4) is 0 Å². The monoisotopic (exact) mass is 294 g/mol. The summed E-state index contributed by atoms with van der Waals surface area (Å²) >= 11 is 0. The molecule has 21 heavy (non-hydrogen) atoms. The predicted octanol–water partition coefficient (Wildman–Crippen LogP) is 0.956. The standard InChI is InChI=1S/C15H22N2O4/c1-15(2,21-14(17)20)9-11(12(18)13(16)19)8-10-6-4-3-5-7-10/h3-7,11-12,18H,8-9H2,1-2H3,(H2,16,19)(H2,17,20)/t11?,12-/m0/s1. The Hall–Kier alpha value is -2.08. The molecular formula is C15H22N2O4. The molecule has 0 saturated carbocycles. The highest BCUT2D eigenvalue weighted by molar-refractivity contribution is 5.78. The van der Waals surface area contributed by atoms with Gasteiger partial charge in [0, 0.05) is 5.92 Å². The summed E-state index contributed by atoms with van der Waals surface area (Å²) in [4.78, 5) is 22.2. The molecule has 0 heterocycles. The summed E-state index contributed by atoms with van der Waals surface area (Å²) in [6, 6.07) is 9.40. The van der Waals surface area contributed by atoms with Gasteiger partial charge >= 0.3 is 6.09 Å². The zero-order chi connectivity index (χ0) is 16.0. The number of nitrogens with two attached hydrogens (primary N) is 2. The summed E-state index contributed by atoms with van der Waals surface area (Å²) in [6.07, 6.45) is -1.51. The van der Waals surface area contributed by atoms with E-state index in [1.807, 2.05) is 30.3 Å². The molecule has 5 N–H and O–H groups in total. The van der Waals surface area contributed by atoms with Crippen molar-refractivity contribution in [3.63, 3.8) is 0 Å². The number of carbonyl (C=O) groups excluding carboxylic acids is 2. The van der Waals surface area contributed by atoms with Gasteiger partial charge in [-0.25, -0.2) is 4.79 Å². The number of ether oxygens (including phenoxy) is 1. The van der Waals surface area contributed by atoms with Crippen LogP contribution in [-0.4, -0.2) is 28.8 Å². The number of rotatable bonds is 7. The number of aliphatic hydroxyl groups is 1. The van der Waals surface area contributed by atoms with E-state index in [1.165, 1.54) is 0 Å². The van der Waals surface area contributed by atoms with E-state index >= 15 is 0 Å². The Morgan fingerprint density at radius 2 is 1.81 bits per heavy atom. The van der Waals surface area contributed by atoms with Gasteiger partial charge in [-0.1, -0.05) is 30.3 Å². The van der Waals surface area contributed by atoms with Crippen molar-refractivity contribution in [1.29, 1.82) is 0 Å². The van der Waals surface area contributed by atoms with E-state index in [0.717, 1.165) is 5.56 Å². The molecule has 116 valence electrons. The molecule has 0 saturated heterocycles. The van der Waals surface area contributed by atoms with Crippen LogP contribution in [0.15, 0.2) is 30.3 Å². The maximum atomic E-state index is 11.3. The van der Waals surface area contributed by atoms with Crippen molar-refractivity contribution in [3.8, 4) is 0 Å². The van der Waals surface area contributed by atoms with E-state index in [0.29, 0.717) is 6.42 Å². The van der Waals surface area contributed by atoms with E-state index in [2.05, 4.69) is 0 Å². The van der Waals surface area contributed by atoms with Crippen LogP contribution >= 0.6 is 0 Å². The molecule has 0 spiro atoms. The first kappa shape index (κ1) is 17.0. The minimum Gasteiger partial charge on any atom is -0.444 e. The minimum absolute atomic E-state index is 0.259. The molecule has 2 atom stereocenters. The zero-order valence-corrected chi connectivity index (χ0v) is 12.3. The maximum absolute atomic E-state index is 11.3. The maximum Gasteiger partial charge on any atom is 0.405 e. The van der Waals surface area contributed by atoms with Crippen molar-refractivity contribution >= 4 is 12.0 Å². The van der Waals surface area contributed by atoms with Crippen molar-refractivity contribution in [2.24, 2.45) is 17.4 Å². The summed E-state index contributed by atoms with van der Waals surface area (Å²) in [6.45, 7) is 3.34. The number of benzene rings is 1. The van der Waals surface area contributed by atoms with Crippen LogP contribution in [0.5, 0.6) is 0 Å². The molecule has 6 nitrogen and oxygen atoms in total. The Balaban J connectivity index is 2.87. The van der Waals surface area contributed by atoms with Crippen LogP contribution in [0.4, 0.5) is 4.79 Å². The molecule has 0 bridgehead atoms. The molecule has 1 rings (SSSR count). The van der Waals surface area contributed by atoms with Crippen LogP contribution in [0.2, 0.25) is 0 Å². The Morgan fingerprint density at radius 3 is 2.29 bits per heavy atom. The van der Waals surface area contributed by atoms with Crippen molar-refractivity contribution < 1.29 is 19.4 Å². The largest absolute Gasteiger partial charge is 0.444 e. The fraction of sp³-hybridized carbons (Fsp3) is 0.467. The van der Waals surface area contributed by atoms with Gasteiger partial charge < -0.3 is 21.3 Å². The molecule has 0 aliphatic rings. The van der Waals surface area contributed by atoms with E-state index in [9.17, 15) is 14.7 Å². The van der Waals surface area contributed by atoms with Crippen LogP contribution in [0.25, 0.3) is 0 Å². The van der Waals surface area contributed by atoms with Crippen LogP contribution in [0, 0.1) is 5.92 Å². The Bertz CT molecular complexity index is 488. The molecule has 1 aromatic rings. The number of primary amides is 2. The third-order valence-electron chi connectivity index (χ3n) is 3.21. The van der Waals surface area contributed by atoms with Gasteiger partial charge in [0.25, 0.3) is 0 Å². The lowest BCUT2D eigenvalue weighted by Gasteiger charge is -2.30. The quantitative estimate of drug-likeness (QED) is 0.694. The highest BCUT2D eigenvalue weighted by Gasteiger charge is 2.33. The lowest BCUT2D eigenvalue weighted by Crippen LogP contribution is -2.42. The van der Waals surface area contributed by atoms with Gasteiger partial charge in [-0.3, -0.25) is 4.79 Å². The summed E-state index contributed by atoms with van der Waals surface area (Å²) < 4.78 is 5.01. The summed E-state index contributed by atoms with van der Waals surface area (Å²) in [7, 11) is 0. The molecule has 0 aromatic heterocycles. The highest BCUT2D eigenvalue weighted by Crippen LogP contribution is 2.26. The van der Waals surface area contributed by atoms with Gasteiger partial charge in [-0.2, -0.15) is 0 Å². The topological polar surface area (TPSA) is 116 Å². The first-order valence-corrected chi connectivity index (χ1v) is 6.71. The normalized spacial score (nSPS) is 14.2. The molecule has 2 amide bonds. The van der Waals surface area contributed by atoms with Gasteiger partial charge in [0.1, 0.15) is 11.7 Å². The SMILES string of the molecule is CC(C)(CC(Cc1ccccc1)[C@H](O)C(N)=O)OC(N)=O.